The van der Waals surface area contributed by atoms with Gasteiger partial charge in [-0.3, -0.25) is 9.59 Å². The number of unbranched alkanes of at least 4 members (excludes halogenated alkanes) is 21. The van der Waals surface area contributed by atoms with Crippen LogP contribution in [-0.4, -0.2) is 23.1 Å². The summed E-state index contributed by atoms with van der Waals surface area (Å²) < 4.78 is 6.00. The van der Waals surface area contributed by atoms with Crippen LogP contribution in [-0.2, 0) is 14.3 Å². The van der Waals surface area contributed by atoms with Crippen LogP contribution in [0.5, 0.6) is 0 Å². The molecule has 0 aliphatic heterocycles. The number of hydrogen-bond acceptors (Lipinski definition) is 3. The molecule has 0 aromatic rings. The Morgan fingerprint density at radius 2 is 0.827 bits per heavy atom. The van der Waals surface area contributed by atoms with E-state index in [1.54, 1.807) is 0 Å². The average molecular weight is 725 g/mol. The number of carbonyl (C=O) groups excluding carboxylic acids is 1. The first-order chi connectivity index (χ1) is 25.6. The first-order valence-electron chi connectivity index (χ1n) is 22.3. The summed E-state index contributed by atoms with van der Waals surface area (Å²) >= 11 is 0. The van der Waals surface area contributed by atoms with Gasteiger partial charge >= 0.3 is 11.9 Å². The van der Waals surface area contributed by atoms with E-state index < -0.39 is 5.97 Å². The van der Waals surface area contributed by atoms with E-state index in [0.29, 0.717) is 6.42 Å². The highest BCUT2D eigenvalue weighted by Crippen LogP contribution is 2.18. The van der Waals surface area contributed by atoms with Crippen LogP contribution in [0, 0.1) is 0 Å². The van der Waals surface area contributed by atoms with Gasteiger partial charge in [-0.2, -0.15) is 0 Å². The minimum absolute atomic E-state index is 0.0182. The van der Waals surface area contributed by atoms with E-state index in [1.165, 1.54) is 103 Å². The van der Waals surface area contributed by atoms with Crippen LogP contribution >= 0.6 is 0 Å². The zero-order chi connectivity index (χ0) is 37.8. The number of esters is 1. The predicted octanol–water partition coefficient (Wildman–Crippen LogP) is 15.7. The summed E-state index contributed by atoms with van der Waals surface area (Å²) in [6, 6.07) is 0. The minimum atomic E-state index is -0.705. The molecule has 0 amide bonds. The average Bonchev–Trinajstić information content (AvgIpc) is 3.13. The maximum atomic E-state index is 12.7. The molecule has 0 aliphatic carbocycles. The Labute approximate surface area is 323 Å². The molecule has 300 valence electrons. The lowest BCUT2D eigenvalue weighted by Crippen LogP contribution is -2.18. The summed E-state index contributed by atoms with van der Waals surface area (Å²) in [7, 11) is 0. The number of carbonyl (C=O) groups is 2. The fourth-order valence-corrected chi connectivity index (χ4v) is 6.47. The van der Waals surface area contributed by atoms with Crippen LogP contribution in [0.1, 0.15) is 226 Å². The molecule has 52 heavy (non-hydrogen) atoms. The smallest absolute Gasteiger partial charge is 0.306 e. The Balaban J connectivity index is 3.95. The van der Waals surface area contributed by atoms with E-state index >= 15 is 0 Å². The molecule has 0 radical (unpaired) electrons. The second kappa shape index (κ2) is 43.0. The summed E-state index contributed by atoms with van der Waals surface area (Å²) in [6.45, 7) is 4.43. The zero-order valence-electron chi connectivity index (χ0n) is 34.4. The van der Waals surface area contributed by atoms with Gasteiger partial charge in [-0.05, 0) is 96.3 Å². The van der Waals surface area contributed by atoms with E-state index in [0.717, 1.165) is 96.3 Å². The van der Waals surface area contributed by atoms with Crippen molar-refractivity contribution in [1.29, 1.82) is 0 Å². The molecule has 0 bridgehead atoms. The van der Waals surface area contributed by atoms with Gasteiger partial charge in [0, 0.05) is 12.8 Å². The Bertz CT molecular complexity index is 911. The number of carboxylic acid groups (broad SMARTS) is 1. The summed E-state index contributed by atoms with van der Waals surface area (Å²) in [5, 5.41) is 8.83. The third kappa shape index (κ3) is 42.1. The third-order valence-corrected chi connectivity index (χ3v) is 9.72. The van der Waals surface area contributed by atoms with Crippen LogP contribution in [0.4, 0.5) is 0 Å². The molecular weight excluding hydrogens is 641 g/mol. The summed E-state index contributed by atoms with van der Waals surface area (Å²) in [5.41, 5.74) is 0. The van der Waals surface area contributed by atoms with Gasteiger partial charge in [-0.15, -0.1) is 0 Å². The number of rotatable bonds is 40. The minimum Gasteiger partial charge on any atom is -0.481 e. The zero-order valence-corrected chi connectivity index (χ0v) is 34.4. The SMILES string of the molecule is CC/C=C\C/C=C\C/C=C\C/C=C\CCCCCCCCCCCCC(=O)OC(CCC/C=C\CCCCCCCC)CCCCCCCC(=O)O. The molecule has 0 aromatic carbocycles. The molecule has 1 unspecified atom stereocenters. The number of allylic oxidation sites excluding steroid dienone is 10. The number of hydrogen-bond donors (Lipinski definition) is 1. The normalized spacial score (nSPS) is 12.8. The summed E-state index contributed by atoms with van der Waals surface area (Å²) in [6.07, 6.45) is 59.7. The number of ether oxygens (including phenoxy) is 1. The Kier molecular flexibility index (Phi) is 41.1. The van der Waals surface area contributed by atoms with Crippen molar-refractivity contribution in [2.24, 2.45) is 0 Å². The van der Waals surface area contributed by atoms with Crippen LogP contribution in [0.25, 0.3) is 0 Å². The Morgan fingerprint density at radius 3 is 1.35 bits per heavy atom. The molecule has 0 fully saturated rings. The van der Waals surface area contributed by atoms with Gasteiger partial charge in [0.05, 0.1) is 0 Å². The highest BCUT2D eigenvalue weighted by atomic mass is 16.5. The molecule has 0 spiro atoms. The molecule has 1 N–H and O–H groups in total. The van der Waals surface area contributed by atoms with Gasteiger partial charge in [0.1, 0.15) is 6.10 Å². The van der Waals surface area contributed by atoms with Gasteiger partial charge in [0.25, 0.3) is 0 Å². The summed E-state index contributed by atoms with van der Waals surface area (Å²) in [5.74, 6) is -0.723. The van der Waals surface area contributed by atoms with Crippen molar-refractivity contribution >= 4 is 11.9 Å². The van der Waals surface area contributed by atoms with E-state index in [2.05, 4.69) is 74.6 Å². The molecule has 1 atom stereocenters. The van der Waals surface area contributed by atoms with Gasteiger partial charge in [0.15, 0.2) is 0 Å². The van der Waals surface area contributed by atoms with Crippen molar-refractivity contribution in [2.45, 2.75) is 232 Å². The van der Waals surface area contributed by atoms with Crippen LogP contribution < -0.4 is 0 Å². The molecule has 4 heteroatoms. The fourth-order valence-electron chi connectivity index (χ4n) is 6.47. The number of aliphatic carboxylic acids is 1. The molecule has 0 aliphatic rings. The van der Waals surface area contributed by atoms with Crippen LogP contribution in [0.2, 0.25) is 0 Å². The molecule has 0 heterocycles. The molecule has 0 saturated carbocycles. The third-order valence-electron chi connectivity index (χ3n) is 9.72. The van der Waals surface area contributed by atoms with E-state index in [4.69, 9.17) is 9.84 Å². The second-order valence-electron chi connectivity index (χ2n) is 14.8. The van der Waals surface area contributed by atoms with Gasteiger partial charge < -0.3 is 9.84 Å². The topological polar surface area (TPSA) is 63.6 Å². The predicted molar refractivity (Wildman–Crippen MR) is 227 cm³/mol. The van der Waals surface area contributed by atoms with Gasteiger partial charge in [0.2, 0.25) is 0 Å². The van der Waals surface area contributed by atoms with Crippen molar-refractivity contribution in [3.8, 4) is 0 Å². The first kappa shape index (κ1) is 49.6. The lowest BCUT2D eigenvalue weighted by atomic mass is 10.0. The monoisotopic (exact) mass is 725 g/mol. The fraction of sp³-hybridized carbons (Fsp3) is 0.750. The van der Waals surface area contributed by atoms with Crippen molar-refractivity contribution in [3.05, 3.63) is 60.8 Å². The highest BCUT2D eigenvalue weighted by Gasteiger charge is 2.14. The van der Waals surface area contributed by atoms with Crippen molar-refractivity contribution < 1.29 is 19.4 Å². The lowest BCUT2D eigenvalue weighted by Gasteiger charge is -2.18. The number of carboxylic acids is 1. The van der Waals surface area contributed by atoms with Crippen molar-refractivity contribution in [3.63, 3.8) is 0 Å². The van der Waals surface area contributed by atoms with Crippen molar-refractivity contribution in [1.82, 2.24) is 0 Å². The standard InChI is InChI=1S/C48H84O4/c1-3-5-7-9-11-13-15-16-17-18-19-20-21-22-23-24-25-26-28-30-32-37-41-45-48(51)52-46(43-39-35-33-36-40-44-47(49)50)42-38-34-31-29-27-14-12-10-8-6-4-2/h5,7,11,13,16-17,19-20,29,31,46H,3-4,6,8-10,12,14-15,18,21-28,30,32-45H2,1-2H3,(H,49,50)/b7-5-,13-11-,17-16-,20-19-,31-29-. The maximum Gasteiger partial charge on any atom is 0.306 e. The van der Waals surface area contributed by atoms with E-state index in [1.807, 2.05) is 0 Å². The van der Waals surface area contributed by atoms with Gasteiger partial charge in [-0.1, -0.05) is 177 Å². The van der Waals surface area contributed by atoms with E-state index in [9.17, 15) is 9.59 Å². The van der Waals surface area contributed by atoms with Crippen LogP contribution in [0.3, 0.4) is 0 Å². The highest BCUT2D eigenvalue weighted by molar-refractivity contribution is 5.69. The molecule has 0 rings (SSSR count). The molecule has 4 nitrogen and oxygen atoms in total. The summed E-state index contributed by atoms with van der Waals surface area (Å²) in [4.78, 5) is 23.4. The van der Waals surface area contributed by atoms with Crippen molar-refractivity contribution in [2.75, 3.05) is 0 Å². The Morgan fingerprint density at radius 1 is 0.442 bits per heavy atom. The van der Waals surface area contributed by atoms with E-state index in [-0.39, 0.29) is 18.5 Å². The Hall–Kier alpha value is -2.36. The molecule has 0 saturated heterocycles. The molecular formula is C48H84O4. The maximum absolute atomic E-state index is 12.7. The molecule has 0 aromatic heterocycles. The quantitative estimate of drug-likeness (QED) is 0.0388. The largest absolute Gasteiger partial charge is 0.481 e. The second-order valence-corrected chi connectivity index (χ2v) is 14.8. The van der Waals surface area contributed by atoms with Crippen LogP contribution in [0.15, 0.2) is 60.8 Å². The van der Waals surface area contributed by atoms with Gasteiger partial charge in [-0.25, -0.2) is 0 Å². The lowest BCUT2D eigenvalue weighted by molar-refractivity contribution is -0.150. The first-order valence-corrected chi connectivity index (χ1v) is 22.3.